The Kier molecular flexibility index (Phi) is 6.06. The van der Waals surface area contributed by atoms with Gasteiger partial charge in [-0.15, -0.1) is 0 Å². The Hall–Kier alpha value is -4.52. The van der Waals surface area contributed by atoms with Crippen LogP contribution < -0.4 is 15.8 Å². The smallest absolute Gasteiger partial charge is 0.424 e. The maximum Gasteiger partial charge on any atom is 0.424 e. The van der Waals surface area contributed by atoms with Crippen molar-refractivity contribution >= 4 is 22.7 Å². The van der Waals surface area contributed by atoms with Crippen molar-refractivity contribution in [2.75, 3.05) is 13.2 Å². The van der Waals surface area contributed by atoms with Gasteiger partial charge in [-0.3, -0.25) is 14.6 Å². The first-order valence-corrected chi connectivity index (χ1v) is 11.6. The lowest BCUT2D eigenvalue weighted by atomic mass is 9.81. The van der Waals surface area contributed by atoms with E-state index in [9.17, 15) is 32.3 Å². The first kappa shape index (κ1) is 26.1. The van der Waals surface area contributed by atoms with E-state index in [4.69, 9.17) is 10.5 Å². The average molecular weight is 543 g/mol. The summed E-state index contributed by atoms with van der Waals surface area (Å²) < 4.78 is 62.7. The van der Waals surface area contributed by atoms with E-state index in [2.05, 4.69) is 20.3 Å². The Bertz CT molecular complexity index is 1600. The van der Waals surface area contributed by atoms with Gasteiger partial charge in [0.05, 0.1) is 12.2 Å². The molecule has 5 N–H and O–H groups in total. The van der Waals surface area contributed by atoms with Gasteiger partial charge in [0.1, 0.15) is 35.0 Å². The summed E-state index contributed by atoms with van der Waals surface area (Å²) >= 11 is 0. The van der Waals surface area contributed by atoms with Crippen molar-refractivity contribution in [3.8, 4) is 17.0 Å². The molecule has 1 aliphatic heterocycles. The van der Waals surface area contributed by atoms with Crippen LogP contribution in [0, 0.1) is 5.82 Å². The molecule has 3 aromatic heterocycles. The van der Waals surface area contributed by atoms with Crippen LogP contribution in [-0.2, 0) is 15.8 Å². The number of amides is 2. The second kappa shape index (κ2) is 9.05. The van der Waals surface area contributed by atoms with Crippen LogP contribution in [-0.4, -0.2) is 51.2 Å². The van der Waals surface area contributed by atoms with Crippen LogP contribution >= 0.6 is 0 Å². The number of hydrogen-bond acceptors (Lipinski definition) is 6. The molecule has 0 spiro atoms. The lowest BCUT2D eigenvalue weighted by Gasteiger charge is -2.31. The molecule has 1 aliphatic rings. The highest BCUT2D eigenvalue weighted by atomic mass is 19.4. The standard InChI is InChI=1S/C26H21F4N5O4/c1-24(23(31)37)12-39-21-16(24)10-18(35-19(21)13-2-4-14(27)5-3-13)25(38,26(28,29)30)11-34-22(36)20-15-6-8-32-17(15)7-9-33-20/h2-10,32,38H,11-12H2,1H3,(H2,31,37)(H,34,36)/t24-,25-/m0/s1. The van der Waals surface area contributed by atoms with Gasteiger partial charge in [-0.1, -0.05) is 0 Å². The molecule has 39 heavy (non-hydrogen) atoms. The molecule has 4 heterocycles. The molecule has 5 rings (SSSR count). The number of nitrogens with two attached hydrogens (primary N) is 1. The number of benzene rings is 1. The number of primary amides is 1. The first-order chi connectivity index (χ1) is 18.3. The lowest BCUT2D eigenvalue weighted by molar-refractivity contribution is -0.265. The summed E-state index contributed by atoms with van der Waals surface area (Å²) in [6.07, 6.45) is -2.48. The number of carbonyl (C=O) groups excluding carboxylic acids is 2. The number of aliphatic hydroxyl groups is 1. The molecule has 0 unspecified atom stereocenters. The van der Waals surface area contributed by atoms with Gasteiger partial charge >= 0.3 is 6.18 Å². The number of hydrogen-bond donors (Lipinski definition) is 4. The number of rotatable bonds is 6. The van der Waals surface area contributed by atoms with E-state index in [0.29, 0.717) is 10.9 Å². The minimum absolute atomic E-state index is 0.0245. The largest absolute Gasteiger partial charge is 0.489 e. The number of carbonyl (C=O) groups is 2. The lowest BCUT2D eigenvalue weighted by Crippen LogP contribution is -2.52. The van der Waals surface area contributed by atoms with Crippen LogP contribution in [0.4, 0.5) is 17.6 Å². The number of aromatic amines is 1. The molecule has 1 aromatic carbocycles. The van der Waals surface area contributed by atoms with Crippen LogP contribution in [0.5, 0.6) is 5.75 Å². The molecule has 2 amide bonds. The molecule has 2 atom stereocenters. The number of halogens is 4. The van der Waals surface area contributed by atoms with Crippen molar-refractivity contribution in [1.82, 2.24) is 20.3 Å². The Morgan fingerprint density at radius 1 is 1.21 bits per heavy atom. The van der Waals surface area contributed by atoms with Crippen molar-refractivity contribution < 1.29 is 37.0 Å². The molecule has 0 bridgehead atoms. The number of ether oxygens (including phenoxy) is 1. The van der Waals surface area contributed by atoms with Crippen LogP contribution in [0.2, 0.25) is 0 Å². The fourth-order valence-corrected chi connectivity index (χ4v) is 4.39. The van der Waals surface area contributed by atoms with Gasteiger partial charge in [0.2, 0.25) is 11.5 Å². The predicted molar refractivity (Wildman–Crippen MR) is 130 cm³/mol. The molecule has 202 valence electrons. The summed E-state index contributed by atoms with van der Waals surface area (Å²) in [5, 5.41) is 13.6. The maximum atomic E-state index is 14.5. The zero-order valence-corrected chi connectivity index (χ0v) is 20.3. The quantitative estimate of drug-likeness (QED) is 0.275. The molecular formula is C26H21F4N5O4. The zero-order chi connectivity index (χ0) is 28.2. The molecule has 13 heteroatoms. The highest BCUT2D eigenvalue weighted by Gasteiger charge is 2.57. The molecule has 0 radical (unpaired) electrons. The molecule has 9 nitrogen and oxygen atoms in total. The van der Waals surface area contributed by atoms with Crippen LogP contribution in [0.3, 0.4) is 0 Å². The summed E-state index contributed by atoms with van der Waals surface area (Å²) in [6.45, 7) is -0.234. The maximum absolute atomic E-state index is 14.5. The highest BCUT2D eigenvalue weighted by Crippen LogP contribution is 2.47. The average Bonchev–Trinajstić information content (AvgIpc) is 3.52. The third-order valence-corrected chi connectivity index (χ3v) is 6.83. The number of pyridine rings is 2. The fourth-order valence-electron chi connectivity index (χ4n) is 4.39. The molecule has 4 aromatic rings. The third kappa shape index (κ3) is 4.24. The minimum atomic E-state index is -5.34. The van der Waals surface area contributed by atoms with Crippen molar-refractivity contribution in [3.05, 3.63) is 77.6 Å². The normalized spacial score (nSPS) is 18.3. The molecular weight excluding hydrogens is 522 g/mol. The molecule has 0 saturated heterocycles. The van der Waals surface area contributed by atoms with Crippen LogP contribution in [0.15, 0.2) is 54.9 Å². The Labute approximate surface area is 218 Å². The van der Waals surface area contributed by atoms with Crippen molar-refractivity contribution in [2.24, 2.45) is 5.73 Å². The van der Waals surface area contributed by atoms with E-state index in [1.54, 1.807) is 12.3 Å². The second-order valence-electron chi connectivity index (χ2n) is 9.36. The number of fused-ring (bicyclic) bond motifs is 2. The SMILES string of the molecule is C[C@]1(C(N)=O)COc2c1cc([C@@](O)(CNC(=O)c1nccc3[nH]ccc13)C(F)(F)F)nc2-c1ccc(F)cc1. The van der Waals surface area contributed by atoms with E-state index in [1.807, 2.05) is 0 Å². The summed E-state index contributed by atoms with van der Waals surface area (Å²) in [7, 11) is 0. The van der Waals surface area contributed by atoms with Gasteiger partial charge in [-0.05, 0) is 49.4 Å². The Morgan fingerprint density at radius 2 is 1.92 bits per heavy atom. The zero-order valence-electron chi connectivity index (χ0n) is 20.3. The fraction of sp³-hybridized carbons (Fsp3) is 0.231. The number of nitrogens with one attached hydrogen (secondary N) is 2. The number of nitrogens with zero attached hydrogens (tertiary/aromatic N) is 2. The van der Waals surface area contributed by atoms with Gasteiger partial charge in [-0.25, -0.2) is 9.37 Å². The van der Waals surface area contributed by atoms with Gasteiger partial charge in [0.15, 0.2) is 0 Å². The van der Waals surface area contributed by atoms with Crippen molar-refractivity contribution in [2.45, 2.75) is 24.1 Å². The van der Waals surface area contributed by atoms with E-state index < -0.39 is 47.1 Å². The summed E-state index contributed by atoms with van der Waals surface area (Å²) in [4.78, 5) is 36.1. The van der Waals surface area contributed by atoms with Crippen molar-refractivity contribution in [3.63, 3.8) is 0 Å². The van der Waals surface area contributed by atoms with E-state index in [1.165, 1.54) is 31.3 Å². The predicted octanol–water partition coefficient (Wildman–Crippen LogP) is 3.08. The Morgan fingerprint density at radius 3 is 2.59 bits per heavy atom. The van der Waals surface area contributed by atoms with Crippen molar-refractivity contribution in [1.29, 1.82) is 0 Å². The topological polar surface area (TPSA) is 143 Å². The van der Waals surface area contributed by atoms with Gasteiger partial charge < -0.3 is 25.9 Å². The summed E-state index contributed by atoms with van der Waals surface area (Å²) in [6, 6.07) is 8.69. The third-order valence-electron chi connectivity index (χ3n) is 6.83. The van der Waals surface area contributed by atoms with E-state index in [-0.39, 0.29) is 34.9 Å². The molecule has 0 fully saturated rings. The van der Waals surface area contributed by atoms with Gasteiger partial charge in [0, 0.05) is 34.4 Å². The number of alkyl halides is 3. The number of aromatic nitrogens is 3. The highest BCUT2D eigenvalue weighted by molar-refractivity contribution is 6.04. The van der Waals surface area contributed by atoms with Gasteiger partial charge in [-0.2, -0.15) is 13.2 Å². The Balaban J connectivity index is 1.62. The summed E-state index contributed by atoms with van der Waals surface area (Å²) in [5.74, 6) is -2.47. The summed E-state index contributed by atoms with van der Waals surface area (Å²) in [5.41, 5.74) is -0.264. The number of H-pyrrole nitrogens is 1. The van der Waals surface area contributed by atoms with E-state index >= 15 is 0 Å². The van der Waals surface area contributed by atoms with Crippen LogP contribution in [0.25, 0.3) is 22.2 Å². The van der Waals surface area contributed by atoms with Crippen LogP contribution in [0.1, 0.15) is 28.7 Å². The monoisotopic (exact) mass is 543 g/mol. The molecule has 0 saturated carbocycles. The van der Waals surface area contributed by atoms with Gasteiger partial charge in [0.25, 0.3) is 5.91 Å². The minimum Gasteiger partial charge on any atom is -0.489 e. The molecule has 0 aliphatic carbocycles. The second-order valence-corrected chi connectivity index (χ2v) is 9.36. The van der Waals surface area contributed by atoms with E-state index in [0.717, 1.165) is 18.2 Å². The first-order valence-electron chi connectivity index (χ1n) is 11.6.